The fourth-order valence-corrected chi connectivity index (χ4v) is 2.33. The molecule has 0 radical (unpaired) electrons. The van der Waals surface area contributed by atoms with E-state index in [0.29, 0.717) is 5.69 Å². The molecule has 1 aliphatic rings. The lowest BCUT2D eigenvalue weighted by Crippen LogP contribution is -2.37. The largest absolute Gasteiger partial charge is 0.478 e. The number of nitrogen functional groups attached to an aromatic ring is 1. The molecular weight excluding hydrogens is 288 g/mol. The van der Waals surface area contributed by atoms with E-state index in [2.05, 4.69) is 10.4 Å². The number of anilines is 1. The van der Waals surface area contributed by atoms with Crippen LogP contribution in [0.1, 0.15) is 32.0 Å². The first kappa shape index (κ1) is 13.8. The van der Waals surface area contributed by atoms with Gasteiger partial charge in [0.2, 0.25) is 5.91 Å². The Morgan fingerprint density at radius 2 is 2.00 bits per heavy atom. The minimum absolute atomic E-state index is 0.0101. The number of benzene rings is 1. The van der Waals surface area contributed by atoms with Crippen molar-refractivity contribution in [2.45, 2.75) is 13.0 Å². The van der Waals surface area contributed by atoms with Crippen LogP contribution >= 0.6 is 0 Å². The van der Waals surface area contributed by atoms with Crippen LogP contribution in [0.25, 0.3) is 0 Å². The lowest BCUT2D eigenvalue weighted by molar-refractivity contribution is -0.119. The van der Waals surface area contributed by atoms with E-state index in [1.165, 1.54) is 16.8 Å². The summed E-state index contributed by atoms with van der Waals surface area (Å²) in [5, 5.41) is 15.3. The van der Waals surface area contributed by atoms with Crippen molar-refractivity contribution in [1.29, 1.82) is 0 Å². The van der Waals surface area contributed by atoms with Gasteiger partial charge in [-0.2, -0.15) is 5.10 Å². The third-order valence-corrected chi connectivity index (χ3v) is 3.41. The minimum atomic E-state index is -1.00. The molecule has 0 unspecified atom stereocenters. The number of rotatable bonds is 3. The first-order valence-electron chi connectivity index (χ1n) is 6.47. The van der Waals surface area contributed by atoms with E-state index >= 15 is 0 Å². The van der Waals surface area contributed by atoms with Crippen LogP contribution in [0, 0.1) is 0 Å². The van der Waals surface area contributed by atoms with E-state index < -0.39 is 17.8 Å². The number of aromatic carboxylic acids is 1. The molecule has 3 rings (SSSR count). The van der Waals surface area contributed by atoms with Gasteiger partial charge < -0.3 is 10.8 Å². The van der Waals surface area contributed by atoms with Crippen molar-refractivity contribution >= 4 is 23.6 Å². The van der Waals surface area contributed by atoms with Crippen LogP contribution in [-0.4, -0.2) is 32.7 Å². The minimum Gasteiger partial charge on any atom is -0.478 e. The van der Waals surface area contributed by atoms with Gasteiger partial charge in [0.15, 0.2) is 0 Å². The molecule has 0 saturated heterocycles. The molecule has 2 amide bonds. The third kappa shape index (κ3) is 2.30. The summed E-state index contributed by atoms with van der Waals surface area (Å²) in [4.78, 5) is 33.9. The highest BCUT2D eigenvalue weighted by Crippen LogP contribution is 2.21. The molecule has 112 valence electrons. The summed E-state index contributed by atoms with van der Waals surface area (Å²) in [6.07, 6.45) is 0.0101. The van der Waals surface area contributed by atoms with Crippen molar-refractivity contribution in [1.82, 2.24) is 15.1 Å². The van der Waals surface area contributed by atoms with Gasteiger partial charge in [-0.3, -0.25) is 14.9 Å². The molecule has 2 aromatic rings. The van der Waals surface area contributed by atoms with Gasteiger partial charge in [0.25, 0.3) is 5.91 Å². The number of amides is 2. The zero-order valence-electron chi connectivity index (χ0n) is 11.4. The molecule has 4 N–H and O–H groups in total. The second-order valence-electron chi connectivity index (χ2n) is 4.92. The average Bonchev–Trinajstić information content (AvgIpc) is 2.75. The first-order chi connectivity index (χ1) is 10.5. The highest BCUT2D eigenvalue weighted by Gasteiger charge is 2.29. The van der Waals surface area contributed by atoms with Crippen molar-refractivity contribution in [3.05, 3.63) is 46.6 Å². The number of carboxylic acids is 1. The number of nitrogens with one attached hydrogen (secondary N) is 1. The summed E-state index contributed by atoms with van der Waals surface area (Å²) in [7, 11) is 0. The number of nitrogens with zero attached hydrogens (tertiary/aromatic N) is 2. The Kier molecular flexibility index (Phi) is 3.13. The van der Waals surface area contributed by atoms with Gasteiger partial charge in [0.1, 0.15) is 11.4 Å². The van der Waals surface area contributed by atoms with Gasteiger partial charge in [-0.1, -0.05) is 12.1 Å². The summed E-state index contributed by atoms with van der Waals surface area (Å²) in [5.74, 6) is -1.78. The molecular formula is C14H12N4O4. The Hall–Kier alpha value is -3.16. The molecule has 22 heavy (non-hydrogen) atoms. The van der Waals surface area contributed by atoms with Gasteiger partial charge in [-0.05, 0) is 17.7 Å². The Labute approximate surface area is 124 Å². The van der Waals surface area contributed by atoms with E-state index in [1.807, 2.05) is 0 Å². The summed E-state index contributed by atoms with van der Waals surface area (Å²) >= 11 is 0. The van der Waals surface area contributed by atoms with Crippen LogP contribution in [0.4, 0.5) is 5.82 Å². The lowest BCUT2D eigenvalue weighted by Gasteiger charge is -2.09. The highest BCUT2D eigenvalue weighted by atomic mass is 16.4. The third-order valence-electron chi connectivity index (χ3n) is 3.41. The lowest BCUT2D eigenvalue weighted by atomic mass is 10.1. The Morgan fingerprint density at radius 3 is 2.64 bits per heavy atom. The van der Waals surface area contributed by atoms with Crippen molar-refractivity contribution < 1.29 is 19.5 Å². The number of nitrogens with two attached hydrogens (primary N) is 1. The van der Waals surface area contributed by atoms with Crippen LogP contribution in [0.3, 0.4) is 0 Å². The molecule has 2 heterocycles. The van der Waals surface area contributed by atoms with Gasteiger partial charge in [0.05, 0.1) is 24.2 Å². The number of aromatic nitrogens is 2. The molecule has 8 nitrogen and oxygen atoms in total. The number of fused-ring (bicyclic) bond motifs is 1. The maximum absolute atomic E-state index is 11.8. The summed E-state index contributed by atoms with van der Waals surface area (Å²) in [6, 6.07) is 6.25. The standard InChI is InChI=1S/C14H12N4O4/c15-12-11-9(5-10(19)16-13(11)20)17-18(12)6-7-1-3-8(4-2-7)14(21)22/h1-4H,5-6,15H2,(H,21,22)(H,16,19,20). The maximum atomic E-state index is 11.8. The first-order valence-corrected chi connectivity index (χ1v) is 6.47. The SMILES string of the molecule is Nc1c2c(nn1Cc1ccc(C(=O)O)cc1)CC(=O)NC2=O. The molecule has 8 heteroatoms. The van der Waals surface area contributed by atoms with Crippen molar-refractivity contribution in [2.24, 2.45) is 0 Å². The van der Waals surface area contributed by atoms with Gasteiger partial charge >= 0.3 is 5.97 Å². The predicted molar refractivity (Wildman–Crippen MR) is 75.3 cm³/mol. The zero-order valence-corrected chi connectivity index (χ0v) is 11.4. The molecule has 0 bridgehead atoms. The molecule has 0 aliphatic carbocycles. The number of carboxylic acid groups (broad SMARTS) is 1. The van der Waals surface area contributed by atoms with Crippen molar-refractivity contribution in [3.63, 3.8) is 0 Å². The van der Waals surface area contributed by atoms with E-state index in [0.717, 1.165) is 5.56 Å². The summed E-state index contributed by atoms with van der Waals surface area (Å²) in [6.45, 7) is 0.278. The highest BCUT2D eigenvalue weighted by molar-refractivity contribution is 6.11. The number of hydrogen-bond donors (Lipinski definition) is 3. The second kappa shape index (κ2) is 4.99. The summed E-state index contributed by atoms with van der Waals surface area (Å²) < 4.78 is 1.43. The molecule has 0 spiro atoms. The normalized spacial score (nSPS) is 13.6. The molecule has 1 aromatic heterocycles. The molecule has 0 atom stereocenters. The number of hydrogen-bond acceptors (Lipinski definition) is 5. The van der Waals surface area contributed by atoms with Crippen LogP contribution in [0.2, 0.25) is 0 Å². The Bertz CT molecular complexity index is 792. The Balaban J connectivity index is 1.90. The number of carbonyl (C=O) groups is 3. The predicted octanol–water partition coefficient (Wildman–Crippen LogP) is 0.0243. The second-order valence-corrected chi connectivity index (χ2v) is 4.92. The Morgan fingerprint density at radius 1 is 1.32 bits per heavy atom. The number of imide groups is 1. The van der Waals surface area contributed by atoms with Gasteiger partial charge in [-0.25, -0.2) is 9.48 Å². The molecule has 1 aromatic carbocycles. The smallest absolute Gasteiger partial charge is 0.335 e. The fourth-order valence-electron chi connectivity index (χ4n) is 2.33. The van der Waals surface area contributed by atoms with Gasteiger partial charge in [-0.15, -0.1) is 0 Å². The van der Waals surface area contributed by atoms with Crippen molar-refractivity contribution in [3.8, 4) is 0 Å². The molecule has 0 fully saturated rings. The summed E-state index contributed by atoms with van der Waals surface area (Å²) in [5.41, 5.74) is 7.46. The van der Waals surface area contributed by atoms with Gasteiger partial charge in [0, 0.05) is 0 Å². The quantitative estimate of drug-likeness (QED) is 0.686. The monoisotopic (exact) mass is 300 g/mol. The fraction of sp³-hybridized carbons (Fsp3) is 0.143. The van der Waals surface area contributed by atoms with Crippen LogP contribution in [-0.2, 0) is 17.8 Å². The van der Waals surface area contributed by atoms with E-state index in [4.69, 9.17) is 10.8 Å². The van der Waals surface area contributed by atoms with E-state index in [1.54, 1.807) is 12.1 Å². The average molecular weight is 300 g/mol. The van der Waals surface area contributed by atoms with Crippen molar-refractivity contribution in [2.75, 3.05) is 5.73 Å². The van der Waals surface area contributed by atoms with Crippen LogP contribution in [0.5, 0.6) is 0 Å². The van der Waals surface area contributed by atoms with E-state index in [9.17, 15) is 14.4 Å². The maximum Gasteiger partial charge on any atom is 0.335 e. The molecule has 1 aliphatic heterocycles. The molecule has 0 saturated carbocycles. The zero-order chi connectivity index (χ0) is 15.9. The number of carbonyl (C=O) groups excluding carboxylic acids is 2. The van der Waals surface area contributed by atoms with E-state index in [-0.39, 0.29) is 29.9 Å². The topological polar surface area (TPSA) is 127 Å². The van der Waals surface area contributed by atoms with Crippen LogP contribution in [0.15, 0.2) is 24.3 Å². The van der Waals surface area contributed by atoms with Crippen LogP contribution < -0.4 is 11.1 Å².